The molecule has 4 rings (SSSR count). The lowest BCUT2D eigenvalue weighted by Crippen LogP contribution is -2.22. The maximum absolute atomic E-state index is 12.6. The minimum atomic E-state index is -0.133. The molecule has 0 fully saturated rings. The van der Waals surface area contributed by atoms with Crippen molar-refractivity contribution in [1.82, 2.24) is 9.97 Å². The van der Waals surface area contributed by atoms with Crippen molar-refractivity contribution in [3.05, 3.63) is 88.7 Å². The number of fused-ring (bicyclic) bond motifs is 1. The number of hydrogen-bond acceptors (Lipinski definition) is 4. The van der Waals surface area contributed by atoms with Crippen molar-refractivity contribution in [2.75, 3.05) is 5.32 Å². The molecule has 1 N–H and O–H groups in total. The van der Waals surface area contributed by atoms with Gasteiger partial charge >= 0.3 is 0 Å². The van der Waals surface area contributed by atoms with Gasteiger partial charge in [0.2, 0.25) is 11.9 Å². The van der Waals surface area contributed by atoms with Gasteiger partial charge in [0.25, 0.3) is 0 Å². The highest BCUT2D eigenvalue weighted by molar-refractivity contribution is 5.98. The van der Waals surface area contributed by atoms with Crippen molar-refractivity contribution in [1.29, 1.82) is 0 Å². The molecule has 0 saturated carbocycles. The van der Waals surface area contributed by atoms with Crippen LogP contribution in [0.5, 0.6) is 0 Å². The topological polar surface area (TPSA) is 72.0 Å². The summed E-state index contributed by atoms with van der Waals surface area (Å²) in [5.74, 6) is 0.288. The van der Waals surface area contributed by atoms with Gasteiger partial charge in [-0.25, -0.2) is 9.97 Å². The van der Waals surface area contributed by atoms with Crippen LogP contribution in [0.3, 0.4) is 0 Å². The Morgan fingerprint density at radius 1 is 1.07 bits per heavy atom. The number of aromatic nitrogens is 2. The average Bonchev–Trinajstić information content (AvgIpc) is 2.73. The maximum Gasteiger partial charge on any atom is 0.229 e. The first-order valence-corrected chi connectivity index (χ1v) is 9.88. The fourth-order valence-corrected chi connectivity index (χ4v) is 3.67. The van der Waals surface area contributed by atoms with Crippen molar-refractivity contribution in [3.63, 3.8) is 0 Å². The van der Waals surface area contributed by atoms with Crippen molar-refractivity contribution in [3.8, 4) is 0 Å². The number of rotatable bonds is 5. The number of benzene rings is 2. The second-order valence-electron chi connectivity index (χ2n) is 7.53. The molecule has 1 aromatic heterocycles. The second kappa shape index (κ2) is 8.35. The van der Waals surface area contributed by atoms with Crippen LogP contribution in [0.2, 0.25) is 0 Å². The molecule has 5 nitrogen and oxygen atoms in total. The van der Waals surface area contributed by atoms with Crippen LogP contribution in [0, 0.1) is 6.92 Å². The van der Waals surface area contributed by atoms with Crippen molar-refractivity contribution in [2.45, 2.75) is 38.5 Å². The van der Waals surface area contributed by atoms with Crippen LogP contribution in [-0.4, -0.2) is 21.7 Å². The predicted octanol–water partition coefficient (Wildman–Crippen LogP) is 4.27. The first kappa shape index (κ1) is 19.0. The molecular weight excluding hydrogens is 362 g/mol. The van der Waals surface area contributed by atoms with Gasteiger partial charge in [-0.05, 0) is 36.8 Å². The number of aryl methyl sites for hydroxylation is 2. The first-order valence-electron chi connectivity index (χ1n) is 9.88. The Kier molecular flexibility index (Phi) is 5.47. The number of amides is 1. The largest absolute Gasteiger partial charge is 0.295 e. The van der Waals surface area contributed by atoms with Gasteiger partial charge in [0.1, 0.15) is 0 Å². The Morgan fingerprint density at radius 2 is 1.83 bits per heavy atom. The van der Waals surface area contributed by atoms with Crippen molar-refractivity contribution in [2.24, 2.45) is 0 Å². The van der Waals surface area contributed by atoms with Crippen LogP contribution in [0.4, 0.5) is 5.95 Å². The van der Waals surface area contributed by atoms with E-state index in [4.69, 9.17) is 0 Å². The van der Waals surface area contributed by atoms with Crippen LogP contribution in [0.25, 0.3) is 0 Å². The molecule has 2 aromatic carbocycles. The number of ketones is 1. The first-order chi connectivity index (χ1) is 14.1. The highest BCUT2D eigenvalue weighted by atomic mass is 16.1. The van der Waals surface area contributed by atoms with Gasteiger partial charge < -0.3 is 0 Å². The molecule has 0 radical (unpaired) electrons. The summed E-state index contributed by atoms with van der Waals surface area (Å²) < 4.78 is 0. The molecule has 1 heterocycles. The Bertz CT molecular complexity index is 1030. The van der Waals surface area contributed by atoms with Gasteiger partial charge in [0.15, 0.2) is 5.78 Å². The van der Waals surface area contributed by atoms with E-state index in [-0.39, 0.29) is 23.6 Å². The smallest absolute Gasteiger partial charge is 0.229 e. The summed E-state index contributed by atoms with van der Waals surface area (Å²) in [4.78, 5) is 33.5. The minimum Gasteiger partial charge on any atom is -0.295 e. The third-order valence-electron chi connectivity index (χ3n) is 5.32. The summed E-state index contributed by atoms with van der Waals surface area (Å²) in [7, 11) is 0. The summed E-state index contributed by atoms with van der Waals surface area (Å²) in [6.07, 6.45) is 3.69. The minimum absolute atomic E-state index is 0.0544. The third-order valence-corrected chi connectivity index (χ3v) is 5.32. The number of anilines is 1. The van der Waals surface area contributed by atoms with Crippen LogP contribution in [0.15, 0.2) is 60.8 Å². The summed E-state index contributed by atoms with van der Waals surface area (Å²) in [6, 6.07) is 18.1. The molecule has 0 unspecified atom stereocenters. The van der Waals surface area contributed by atoms with Gasteiger partial charge in [-0.15, -0.1) is 0 Å². The lowest BCUT2D eigenvalue weighted by Gasteiger charge is -2.23. The summed E-state index contributed by atoms with van der Waals surface area (Å²) in [5, 5.41) is 2.77. The quantitative estimate of drug-likeness (QED) is 0.712. The monoisotopic (exact) mass is 385 g/mol. The molecule has 0 aliphatic heterocycles. The van der Waals surface area contributed by atoms with Gasteiger partial charge in [-0.1, -0.05) is 60.2 Å². The standard InChI is InChI=1S/C24H23N3O2/c1-16-7-10-18(11-8-16)19-13-21-20(22(28)14-19)15-25-24(26-21)27-23(29)12-9-17-5-3-2-4-6-17/h2-8,10-11,15,19H,9,12-14H2,1H3,(H,25,26,27,29)/t19-/m0/s1. The summed E-state index contributed by atoms with van der Waals surface area (Å²) in [5.41, 5.74) is 4.72. The average molecular weight is 385 g/mol. The lowest BCUT2D eigenvalue weighted by atomic mass is 9.82. The highest BCUT2D eigenvalue weighted by Gasteiger charge is 2.28. The van der Waals surface area contributed by atoms with Crippen molar-refractivity contribution >= 4 is 17.6 Å². The molecule has 0 bridgehead atoms. The Balaban J connectivity index is 1.45. The summed E-state index contributed by atoms with van der Waals surface area (Å²) >= 11 is 0. The zero-order valence-electron chi connectivity index (χ0n) is 16.4. The van der Waals surface area contributed by atoms with Crippen LogP contribution >= 0.6 is 0 Å². The number of carbonyl (C=O) groups excluding carboxylic acids is 2. The molecule has 1 aliphatic carbocycles. The summed E-state index contributed by atoms with van der Waals surface area (Å²) in [6.45, 7) is 2.05. The molecule has 0 saturated heterocycles. The molecule has 1 aliphatic rings. The number of nitrogens with one attached hydrogen (secondary N) is 1. The van der Waals surface area contributed by atoms with Crippen LogP contribution < -0.4 is 5.32 Å². The van der Waals surface area contributed by atoms with E-state index in [1.54, 1.807) is 6.20 Å². The number of hydrogen-bond donors (Lipinski definition) is 1. The number of carbonyl (C=O) groups is 2. The van der Waals surface area contributed by atoms with Crippen LogP contribution in [-0.2, 0) is 17.6 Å². The maximum atomic E-state index is 12.6. The Labute approximate surface area is 170 Å². The SMILES string of the molecule is Cc1ccc([C@@H]2CC(=O)c3cnc(NC(=O)CCc4ccccc4)nc3C2)cc1. The predicted molar refractivity (Wildman–Crippen MR) is 112 cm³/mol. The lowest BCUT2D eigenvalue weighted by molar-refractivity contribution is -0.116. The second-order valence-corrected chi connectivity index (χ2v) is 7.53. The zero-order chi connectivity index (χ0) is 20.2. The van der Waals surface area contributed by atoms with Crippen molar-refractivity contribution < 1.29 is 9.59 Å². The molecule has 0 spiro atoms. The van der Waals surface area contributed by atoms with Gasteiger partial charge in [0, 0.05) is 19.0 Å². The van der Waals surface area contributed by atoms with Gasteiger partial charge in [-0.3, -0.25) is 14.9 Å². The Morgan fingerprint density at radius 3 is 2.59 bits per heavy atom. The molecule has 3 aromatic rings. The Hall–Kier alpha value is -3.34. The molecule has 5 heteroatoms. The van der Waals surface area contributed by atoms with E-state index in [1.165, 1.54) is 5.56 Å². The number of nitrogens with zero attached hydrogens (tertiary/aromatic N) is 2. The van der Waals surface area contributed by atoms with E-state index < -0.39 is 0 Å². The van der Waals surface area contributed by atoms with E-state index >= 15 is 0 Å². The zero-order valence-corrected chi connectivity index (χ0v) is 16.4. The molecule has 146 valence electrons. The van der Waals surface area contributed by atoms with E-state index in [9.17, 15) is 9.59 Å². The highest BCUT2D eigenvalue weighted by Crippen LogP contribution is 2.32. The van der Waals surface area contributed by atoms with E-state index in [0.717, 1.165) is 11.1 Å². The van der Waals surface area contributed by atoms with E-state index in [1.807, 2.05) is 37.3 Å². The third kappa shape index (κ3) is 4.57. The molecular formula is C24H23N3O2. The normalized spacial score (nSPS) is 15.6. The molecule has 1 amide bonds. The molecule has 29 heavy (non-hydrogen) atoms. The van der Waals surface area contributed by atoms with E-state index in [0.29, 0.717) is 36.9 Å². The van der Waals surface area contributed by atoms with Gasteiger partial charge in [-0.2, -0.15) is 0 Å². The molecule has 1 atom stereocenters. The van der Waals surface area contributed by atoms with Crippen LogP contribution in [0.1, 0.15) is 51.5 Å². The number of Topliss-reactive ketones (excluding diaryl/α,β-unsaturated/α-hetero) is 1. The van der Waals surface area contributed by atoms with Gasteiger partial charge in [0.05, 0.1) is 11.3 Å². The fraction of sp³-hybridized carbons (Fsp3) is 0.250. The fourth-order valence-electron chi connectivity index (χ4n) is 3.67. The van der Waals surface area contributed by atoms with E-state index in [2.05, 4.69) is 39.6 Å².